The minimum atomic E-state index is 0.101. The molecule has 0 radical (unpaired) electrons. The Morgan fingerprint density at radius 2 is 2.17 bits per heavy atom. The first-order valence-corrected chi connectivity index (χ1v) is 5.00. The van der Waals surface area contributed by atoms with Gasteiger partial charge in [-0.25, -0.2) is 0 Å². The van der Waals surface area contributed by atoms with Crippen LogP contribution in [0.25, 0.3) is 0 Å². The Morgan fingerprint density at radius 1 is 1.17 bits per heavy atom. The molecule has 3 nitrogen and oxygen atoms in total. The van der Waals surface area contributed by atoms with Crippen LogP contribution < -0.4 is 0 Å². The molecule has 3 heterocycles. The van der Waals surface area contributed by atoms with Crippen LogP contribution in [0.5, 0.6) is 0 Å². The van der Waals surface area contributed by atoms with Gasteiger partial charge in [-0.2, -0.15) is 5.06 Å². The molecule has 3 atom stereocenters. The van der Waals surface area contributed by atoms with Crippen LogP contribution in [-0.2, 0) is 9.57 Å². The molecule has 3 rings (SSSR count). The summed E-state index contributed by atoms with van der Waals surface area (Å²) >= 11 is 0. The molecule has 0 amide bonds. The molecule has 0 N–H and O–H groups in total. The van der Waals surface area contributed by atoms with Crippen LogP contribution in [-0.4, -0.2) is 30.5 Å². The van der Waals surface area contributed by atoms with E-state index in [0.717, 1.165) is 13.2 Å². The van der Waals surface area contributed by atoms with Crippen molar-refractivity contribution in [1.82, 2.24) is 5.06 Å². The largest absolute Gasteiger partial charge is 0.350 e. The second kappa shape index (κ2) is 2.69. The maximum absolute atomic E-state index is 5.70. The quantitative estimate of drug-likeness (QED) is 0.543. The van der Waals surface area contributed by atoms with Gasteiger partial charge in [0.2, 0.25) is 0 Å². The molecule has 12 heavy (non-hydrogen) atoms. The van der Waals surface area contributed by atoms with E-state index < -0.39 is 0 Å². The van der Waals surface area contributed by atoms with Crippen LogP contribution in [0.2, 0.25) is 0 Å². The Hall–Kier alpha value is -0.120. The van der Waals surface area contributed by atoms with Crippen molar-refractivity contribution in [2.45, 2.75) is 38.0 Å². The molecular formula is C9H15NO2. The van der Waals surface area contributed by atoms with E-state index in [1.54, 1.807) is 0 Å². The van der Waals surface area contributed by atoms with E-state index >= 15 is 0 Å². The van der Waals surface area contributed by atoms with E-state index in [2.05, 4.69) is 5.06 Å². The second-order valence-corrected chi connectivity index (χ2v) is 4.00. The van der Waals surface area contributed by atoms with Crippen molar-refractivity contribution in [3.8, 4) is 0 Å². The highest BCUT2D eigenvalue weighted by Gasteiger charge is 2.46. The van der Waals surface area contributed by atoms with Crippen LogP contribution in [0.3, 0.4) is 0 Å². The first-order valence-electron chi connectivity index (χ1n) is 5.00. The maximum atomic E-state index is 5.70. The third-order valence-corrected chi connectivity index (χ3v) is 3.30. The number of nitrogens with zero attached hydrogens (tertiary/aromatic N) is 1. The molecule has 0 bridgehead atoms. The number of hydrogen-bond donors (Lipinski definition) is 0. The summed E-state index contributed by atoms with van der Waals surface area (Å²) in [5, 5.41) is 2.15. The molecule has 68 valence electrons. The van der Waals surface area contributed by atoms with Gasteiger partial charge in [0.25, 0.3) is 0 Å². The van der Waals surface area contributed by atoms with Crippen LogP contribution in [0.15, 0.2) is 0 Å². The van der Waals surface area contributed by atoms with Crippen LogP contribution in [0.4, 0.5) is 0 Å². The minimum absolute atomic E-state index is 0.101. The topological polar surface area (TPSA) is 21.7 Å². The fraction of sp³-hybridized carbons (Fsp3) is 1.00. The lowest BCUT2D eigenvalue weighted by Crippen LogP contribution is -2.30. The lowest BCUT2D eigenvalue weighted by atomic mass is 9.92. The monoisotopic (exact) mass is 169 g/mol. The summed E-state index contributed by atoms with van der Waals surface area (Å²) in [5.41, 5.74) is 0. The third-order valence-electron chi connectivity index (χ3n) is 3.30. The van der Waals surface area contributed by atoms with Gasteiger partial charge in [-0.3, -0.25) is 4.84 Å². The molecule has 3 aliphatic heterocycles. The number of hydroxylamine groups is 2. The lowest BCUT2D eigenvalue weighted by molar-refractivity contribution is -0.245. The molecular weight excluding hydrogens is 154 g/mol. The predicted octanol–water partition coefficient (Wildman–Crippen LogP) is 1.15. The Morgan fingerprint density at radius 3 is 3.17 bits per heavy atom. The first kappa shape index (κ1) is 7.30. The zero-order valence-electron chi connectivity index (χ0n) is 7.24. The average Bonchev–Trinajstić information content (AvgIpc) is 2.62. The van der Waals surface area contributed by atoms with Gasteiger partial charge in [0.05, 0.1) is 0 Å². The Labute approximate surface area is 72.6 Å². The van der Waals surface area contributed by atoms with E-state index in [-0.39, 0.29) is 6.29 Å². The molecule has 3 heteroatoms. The summed E-state index contributed by atoms with van der Waals surface area (Å²) in [6.07, 6.45) is 5.23. The van der Waals surface area contributed by atoms with E-state index in [1.807, 2.05) is 0 Å². The molecule has 0 aromatic rings. The van der Waals surface area contributed by atoms with Crippen LogP contribution >= 0.6 is 0 Å². The molecule has 0 spiro atoms. The normalized spacial score (nSPS) is 47.5. The van der Waals surface area contributed by atoms with E-state index in [9.17, 15) is 0 Å². The maximum Gasteiger partial charge on any atom is 0.181 e. The van der Waals surface area contributed by atoms with Crippen molar-refractivity contribution in [2.24, 2.45) is 5.92 Å². The van der Waals surface area contributed by atoms with Crippen molar-refractivity contribution in [3.05, 3.63) is 0 Å². The predicted molar refractivity (Wildman–Crippen MR) is 43.3 cm³/mol. The molecule has 3 aliphatic rings. The summed E-state index contributed by atoms with van der Waals surface area (Å²) in [5.74, 6) is 0.668. The first-order chi connectivity index (χ1) is 5.95. The third kappa shape index (κ3) is 0.934. The van der Waals surface area contributed by atoms with Gasteiger partial charge in [0.15, 0.2) is 6.29 Å². The van der Waals surface area contributed by atoms with Gasteiger partial charge in [-0.15, -0.1) is 0 Å². The highest BCUT2D eigenvalue weighted by Crippen LogP contribution is 2.39. The van der Waals surface area contributed by atoms with Gasteiger partial charge in [0.1, 0.15) is 0 Å². The molecule has 0 aromatic carbocycles. The average molecular weight is 169 g/mol. The summed E-state index contributed by atoms with van der Waals surface area (Å²) < 4.78 is 5.57. The zero-order chi connectivity index (χ0) is 7.97. The SMILES string of the molecule is C1CO[C@H]2ON3CCC[C@H]3[C@H]2C1. The minimum Gasteiger partial charge on any atom is -0.350 e. The zero-order valence-corrected chi connectivity index (χ0v) is 7.24. The van der Waals surface area contributed by atoms with Gasteiger partial charge in [-0.05, 0) is 25.7 Å². The van der Waals surface area contributed by atoms with E-state index in [1.165, 1.54) is 25.7 Å². The van der Waals surface area contributed by atoms with Crippen molar-refractivity contribution in [3.63, 3.8) is 0 Å². The molecule has 0 saturated carbocycles. The summed E-state index contributed by atoms with van der Waals surface area (Å²) in [7, 11) is 0. The number of hydrogen-bond acceptors (Lipinski definition) is 3. The number of ether oxygens (including phenoxy) is 1. The van der Waals surface area contributed by atoms with Crippen LogP contribution in [0, 0.1) is 5.92 Å². The van der Waals surface area contributed by atoms with Crippen molar-refractivity contribution >= 4 is 0 Å². The summed E-state index contributed by atoms with van der Waals surface area (Å²) in [6.45, 7) is 2.00. The molecule has 3 fully saturated rings. The standard InChI is InChI=1S/C9H15NO2/c1-4-8-7-3-2-6-11-9(7)12-10(8)5-1/h7-9H,1-6H2/t7-,8+,9+/m1/s1. The Kier molecular flexibility index (Phi) is 1.63. The second-order valence-electron chi connectivity index (χ2n) is 4.00. The fourth-order valence-corrected chi connectivity index (χ4v) is 2.72. The van der Waals surface area contributed by atoms with Crippen molar-refractivity contribution in [2.75, 3.05) is 13.2 Å². The smallest absolute Gasteiger partial charge is 0.181 e. The Balaban J connectivity index is 1.79. The van der Waals surface area contributed by atoms with Gasteiger partial charge < -0.3 is 4.74 Å². The van der Waals surface area contributed by atoms with E-state index in [0.29, 0.717) is 12.0 Å². The van der Waals surface area contributed by atoms with Gasteiger partial charge in [0, 0.05) is 25.1 Å². The van der Waals surface area contributed by atoms with E-state index in [4.69, 9.17) is 9.57 Å². The highest BCUT2D eigenvalue weighted by atomic mass is 16.8. The molecule has 0 unspecified atom stereocenters. The van der Waals surface area contributed by atoms with Crippen molar-refractivity contribution in [1.29, 1.82) is 0 Å². The van der Waals surface area contributed by atoms with Gasteiger partial charge >= 0.3 is 0 Å². The number of rotatable bonds is 0. The fourth-order valence-electron chi connectivity index (χ4n) is 2.72. The summed E-state index contributed by atoms with van der Waals surface area (Å²) in [6, 6.07) is 0.676. The molecule has 0 aliphatic carbocycles. The lowest BCUT2D eigenvalue weighted by Gasteiger charge is -2.25. The molecule has 0 aromatic heterocycles. The van der Waals surface area contributed by atoms with Crippen molar-refractivity contribution < 1.29 is 9.57 Å². The Bertz CT molecular complexity index is 185. The molecule has 3 saturated heterocycles. The number of fused-ring (bicyclic) bond motifs is 3. The summed E-state index contributed by atoms with van der Waals surface area (Å²) in [4.78, 5) is 5.70. The van der Waals surface area contributed by atoms with Gasteiger partial charge in [-0.1, -0.05) is 0 Å². The van der Waals surface area contributed by atoms with Crippen LogP contribution in [0.1, 0.15) is 25.7 Å². The highest BCUT2D eigenvalue weighted by molar-refractivity contribution is 4.89.